The molecule has 0 unspecified atom stereocenters. The Morgan fingerprint density at radius 2 is 0.510 bits per heavy atom. The van der Waals surface area contributed by atoms with Crippen molar-refractivity contribution in [1.29, 1.82) is 0 Å². The molecular weight excluding hydrogens is 609 g/mol. The predicted octanol–water partition coefficient (Wildman–Crippen LogP) is 14.4. The number of hydrogen-bond donors (Lipinski definition) is 0. The van der Waals surface area contributed by atoms with Crippen LogP contribution in [0, 0.1) is 0 Å². The number of hydrogen-bond acceptors (Lipinski definition) is 1. The quantitative estimate of drug-likeness (QED) is 0.145. The largest absolute Gasteiger partial charge is 0.135 e. The summed E-state index contributed by atoms with van der Waals surface area (Å²) in [7, 11) is 0. The van der Waals surface area contributed by atoms with Crippen LogP contribution in [-0.4, -0.2) is 0 Å². The van der Waals surface area contributed by atoms with Crippen molar-refractivity contribution in [1.82, 2.24) is 0 Å². The molecule has 226 valence electrons. The molecule has 1 heterocycles. The Labute approximate surface area is 286 Å². The molecule has 0 atom stereocenters. The summed E-state index contributed by atoms with van der Waals surface area (Å²) in [5, 5.41) is 22.7. The highest BCUT2D eigenvalue weighted by atomic mass is 32.1. The van der Waals surface area contributed by atoms with Gasteiger partial charge in [-0.05, 0) is 141 Å². The van der Waals surface area contributed by atoms with E-state index in [0.29, 0.717) is 0 Å². The van der Waals surface area contributed by atoms with Gasteiger partial charge < -0.3 is 0 Å². The summed E-state index contributed by atoms with van der Waals surface area (Å²) in [5.74, 6) is 0. The van der Waals surface area contributed by atoms with Crippen molar-refractivity contribution in [2.24, 2.45) is 0 Å². The number of fused-ring (bicyclic) bond motifs is 18. The second-order valence-corrected chi connectivity index (χ2v) is 14.4. The van der Waals surface area contributed by atoms with E-state index in [1.165, 1.54) is 106 Å². The van der Waals surface area contributed by atoms with Gasteiger partial charge in [0.2, 0.25) is 0 Å². The summed E-state index contributed by atoms with van der Waals surface area (Å²) in [6, 6.07) is 63.9. The maximum absolute atomic E-state index is 2.42. The minimum atomic E-state index is 1.22. The van der Waals surface area contributed by atoms with Gasteiger partial charge in [-0.2, -0.15) is 0 Å². The summed E-state index contributed by atoms with van der Waals surface area (Å²) in [4.78, 5) is 0. The summed E-state index contributed by atoms with van der Waals surface area (Å²) in [6.07, 6.45) is 0. The smallest absolute Gasteiger partial charge is 0.0355 e. The SMILES string of the molecule is c1cc2cc(c1)c1cccc(c1)c1ccc3c4ccccc4c4ccc(cc4c3c1)c1ccc3sc4ccc(cc4c3c1)c1cccc2c1. The molecule has 0 aliphatic rings. The topological polar surface area (TPSA) is 0 Å². The van der Waals surface area contributed by atoms with Crippen LogP contribution >= 0.6 is 11.3 Å². The van der Waals surface area contributed by atoms with E-state index in [1.807, 2.05) is 11.3 Å². The molecule has 10 aromatic carbocycles. The first-order valence-electron chi connectivity index (χ1n) is 16.9. The fourth-order valence-electron chi connectivity index (χ4n) is 8.09. The van der Waals surface area contributed by atoms with Crippen LogP contribution < -0.4 is 0 Å². The molecule has 0 aliphatic heterocycles. The van der Waals surface area contributed by atoms with E-state index in [4.69, 9.17) is 0 Å². The first kappa shape index (κ1) is 27.0. The maximum Gasteiger partial charge on any atom is 0.0355 e. The average Bonchev–Trinajstić information content (AvgIpc) is 3.55. The monoisotopic (exact) mass is 636 g/mol. The number of benzene rings is 9. The zero-order valence-electron chi connectivity index (χ0n) is 26.6. The van der Waals surface area contributed by atoms with Crippen LogP contribution in [-0.2, 0) is 0 Å². The third kappa shape index (κ3) is 4.16. The number of rotatable bonds is 0. The van der Waals surface area contributed by atoms with E-state index < -0.39 is 0 Å². The van der Waals surface area contributed by atoms with Gasteiger partial charge in [0.1, 0.15) is 0 Å². The fourth-order valence-corrected chi connectivity index (χ4v) is 9.15. The molecule has 0 N–H and O–H groups in total. The van der Waals surface area contributed by atoms with Gasteiger partial charge in [0.15, 0.2) is 0 Å². The van der Waals surface area contributed by atoms with Crippen LogP contribution in [0.1, 0.15) is 0 Å². The fraction of sp³-hybridized carbons (Fsp3) is 0. The molecule has 0 amide bonds. The lowest BCUT2D eigenvalue weighted by molar-refractivity contribution is 1.79. The van der Waals surface area contributed by atoms with Crippen LogP contribution in [0.2, 0.25) is 0 Å². The molecule has 0 aliphatic carbocycles. The van der Waals surface area contributed by atoms with E-state index in [9.17, 15) is 0 Å². The van der Waals surface area contributed by atoms with Gasteiger partial charge in [-0.3, -0.25) is 0 Å². The highest BCUT2D eigenvalue weighted by molar-refractivity contribution is 7.25. The van der Waals surface area contributed by atoms with Gasteiger partial charge >= 0.3 is 0 Å². The molecule has 0 saturated carbocycles. The Balaban J connectivity index is 1.37. The zero-order chi connectivity index (χ0) is 32.1. The Morgan fingerprint density at radius 1 is 0.204 bits per heavy atom. The zero-order valence-corrected chi connectivity index (χ0v) is 27.4. The molecule has 49 heavy (non-hydrogen) atoms. The molecule has 1 heteroatoms. The lowest BCUT2D eigenvalue weighted by Crippen LogP contribution is -1.84. The maximum atomic E-state index is 2.42. The third-order valence-electron chi connectivity index (χ3n) is 10.6. The van der Waals surface area contributed by atoms with Crippen molar-refractivity contribution in [3.05, 3.63) is 170 Å². The summed E-state index contributed by atoms with van der Waals surface area (Å²) in [5.41, 5.74) is 0. The highest BCUT2D eigenvalue weighted by Crippen LogP contribution is 2.40. The second kappa shape index (κ2) is 10.2. The Morgan fingerprint density at radius 3 is 0.898 bits per heavy atom. The summed E-state index contributed by atoms with van der Waals surface area (Å²) >= 11 is 1.88. The molecule has 0 nitrogen and oxygen atoms in total. The lowest BCUT2D eigenvalue weighted by Gasteiger charge is -2.11. The van der Waals surface area contributed by atoms with Crippen LogP contribution in [0.4, 0.5) is 0 Å². The summed E-state index contributed by atoms with van der Waals surface area (Å²) < 4.78 is 2.65. The molecule has 0 spiro atoms. The van der Waals surface area contributed by atoms with E-state index in [-0.39, 0.29) is 0 Å². The van der Waals surface area contributed by atoms with Gasteiger partial charge in [-0.1, -0.05) is 115 Å². The normalized spacial score (nSPS) is 12.1. The first-order chi connectivity index (χ1) is 24.2. The van der Waals surface area contributed by atoms with Crippen LogP contribution in [0.15, 0.2) is 170 Å². The van der Waals surface area contributed by atoms with Gasteiger partial charge in [-0.15, -0.1) is 11.3 Å². The molecular formula is C48H28S. The number of thiophene rings is 1. The third-order valence-corrected chi connectivity index (χ3v) is 11.7. The van der Waals surface area contributed by atoms with Crippen molar-refractivity contribution in [3.63, 3.8) is 0 Å². The van der Waals surface area contributed by atoms with E-state index in [0.717, 1.165) is 0 Å². The van der Waals surface area contributed by atoms with Crippen molar-refractivity contribution >= 4 is 118 Å². The molecule has 0 fully saturated rings. The van der Waals surface area contributed by atoms with Crippen molar-refractivity contribution in [3.8, 4) is 0 Å². The first-order valence-corrected chi connectivity index (χ1v) is 17.7. The average molecular weight is 637 g/mol. The van der Waals surface area contributed by atoms with Gasteiger partial charge in [0.05, 0.1) is 0 Å². The van der Waals surface area contributed by atoms with Gasteiger partial charge in [0.25, 0.3) is 0 Å². The molecule has 1 aromatic heterocycles. The minimum absolute atomic E-state index is 1.22. The van der Waals surface area contributed by atoms with Crippen LogP contribution in [0.25, 0.3) is 106 Å². The van der Waals surface area contributed by atoms with Crippen molar-refractivity contribution in [2.45, 2.75) is 0 Å². The molecule has 11 rings (SSSR count). The summed E-state index contributed by atoms with van der Waals surface area (Å²) in [6.45, 7) is 0. The minimum Gasteiger partial charge on any atom is -0.135 e. The van der Waals surface area contributed by atoms with E-state index >= 15 is 0 Å². The standard InChI is InChI=1S/C48H28S/c1-2-13-40-39(12-1)41-18-14-35-25-43(41)44-26-36(15-19-42(40)44)38-17-21-48-46(28-38)45-27-37(16-20-47(45)49-48)34-11-5-9-32(24-34)30-7-3-6-29(22-30)31-8-4-10-33(35)23-31/h1-28H. The van der Waals surface area contributed by atoms with Gasteiger partial charge in [0, 0.05) is 20.2 Å². The van der Waals surface area contributed by atoms with E-state index in [2.05, 4.69) is 170 Å². The molecule has 14 bridgehead atoms. The Hall–Kier alpha value is -6.02. The van der Waals surface area contributed by atoms with Crippen molar-refractivity contribution in [2.75, 3.05) is 0 Å². The second-order valence-electron chi connectivity index (χ2n) is 13.3. The Bertz CT molecular complexity index is 3270. The molecule has 0 saturated heterocycles. The molecule has 11 aromatic rings. The lowest BCUT2D eigenvalue weighted by atomic mass is 9.92. The van der Waals surface area contributed by atoms with Crippen molar-refractivity contribution < 1.29 is 0 Å². The predicted molar refractivity (Wildman–Crippen MR) is 217 cm³/mol. The Kier molecular flexibility index (Phi) is 5.64. The highest BCUT2D eigenvalue weighted by Gasteiger charge is 2.11. The van der Waals surface area contributed by atoms with E-state index in [1.54, 1.807) is 0 Å². The van der Waals surface area contributed by atoms with Crippen LogP contribution in [0.5, 0.6) is 0 Å². The van der Waals surface area contributed by atoms with Gasteiger partial charge in [-0.25, -0.2) is 0 Å². The molecule has 0 radical (unpaired) electrons. The van der Waals surface area contributed by atoms with Crippen LogP contribution in [0.3, 0.4) is 0 Å².